The van der Waals surface area contributed by atoms with Crippen LogP contribution in [0.4, 0.5) is 0 Å². The van der Waals surface area contributed by atoms with E-state index in [-0.39, 0.29) is 21.6 Å². The highest BCUT2D eigenvalue weighted by Gasteiger charge is 2.20. The summed E-state index contributed by atoms with van der Waals surface area (Å²) in [5.41, 5.74) is 1.31. The van der Waals surface area contributed by atoms with Crippen molar-refractivity contribution in [3.05, 3.63) is 89.3 Å². The normalized spacial score (nSPS) is 12.6. The van der Waals surface area contributed by atoms with Crippen LogP contribution in [0.3, 0.4) is 0 Å². The molecule has 0 atom stereocenters. The minimum absolute atomic E-state index is 0.161. The Labute approximate surface area is 183 Å². The van der Waals surface area contributed by atoms with Crippen LogP contribution in [0.25, 0.3) is 0 Å². The van der Waals surface area contributed by atoms with Crippen molar-refractivity contribution in [1.29, 1.82) is 0 Å². The number of primary sulfonamides is 1. The summed E-state index contributed by atoms with van der Waals surface area (Å²) in [6.45, 7) is 11.3. The number of nitrogens with one attached hydrogen (secondary N) is 1. The van der Waals surface area contributed by atoms with Crippen molar-refractivity contribution in [2.45, 2.75) is 33.1 Å². The van der Waals surface area contributed by atoms with Crippen LogP contribution in [-0.2, 0) is 15.4 Å². The number of aromatic nitrogens is 1. The largest absolute Gasteiger partial charge is 0.455 e. The average Bonchev–Trinajstić information content (AvgIpc) is 2.67. The number of sulfonamides is 1. The summed E-state index contributed by atoms with van der Waals surface area (Å²) in [5.74, 6) is 0.350. The quantitative estimate of drug-likeness (QED) is 0.627. The Kier molecular flexibility index (Phi) is 7.54. The molecule has 1 aromatic carbocycles. The van der Waals surface area contributed by atoms with E-state index in [1.807, 2.05) is 12.1 Å². The first kappa shape index (κ1) is 24.0. The number of benzene rings is 1. The average molecular weight is 442 g/mol. The SMILES string of the molecule is C=C(/C=C(\C=C/C)NC(=O)c1ccc(C(C)(C)C)cc1Oc1cccnc1)S(N)(=O)=O. The third-order valence-corrected chi connectivity index (χ3v) is 5.09. The Morgan fingerprint density at radius 3 is 2.52 bits per heavy atom. The molecule has 0 saturated heterocycles. The van der Waals surface area contributed by atoms with E-state index in [1.165, 1.54) is 6.08 Å². The predicted octanol–water partition coefficient (Wildman–Crippen LogP) is 4.16. The molecule has 0 aliphatic carbocycles. The van der Waals surface area contributed by atoms with Gasteiger partial charge in [0.2, 0.25) is 10.0 Å². The molecule has 2 aromatic rings. The van der Waals surface area contributed by atoms with E-state index in [9.17, 15) is 13.2 Å². The Hall–Kier alpha value is -3.23. The number of carbonyl (C=O) groups is 1. The molecule has 0 aliphatic rings. The van der Waals surface area contributed by atoms with Crippen molar-refractivity contribution in [3.63, 3.8) is 0 Å². The summed E-state index contributed by atoms with van der Waals surface area (Å²) in [6.07, 6.45) is 7.56. The van der Waals surface area contributed by atoms with Crippen molar-refractivity contribution < 1.29 is 17.9 Å². The van der Waals surface area contributed by atoms with Crippen LogP contribution < -0.4 is 15.2 Å². The van der Waals surface area contributed by atoms with Gasteiger partial charge in [-0.3, -0.25) is 9.78 Å². The monoisotopic (exact) mass is 441 g/mol. The fraction of sp³-hybridized carbons (Fsp3) is 0.217. The number of amides is 1. The van der Waals surface area contributed by atoms with Crippen LogP contribution in [-0.4, -0.2) is 19.3 Å². The Bertz CT molecular complexity index is 1130. The van der Waals surface area contributed by atoms with Crippen LogP contribution in [0.15, 0.2) is 78.1 Å². The number of hydrogen-bond acceptors (Lipinski definition) is 5. The highest BCUT2D eigenvalue weighted by atomic mass is 32.2. The van der Waals surface area contributed by atoms with Crippen LogP contribution in [0.2, 0.25) is 0 Å². The zero-order valence-electron chi connectivity index (χ0n) is 18.0. The lowest BCUT2D eigenvalue weighted by molar-refractivity contribution is 0.0964. The maximum Gasteiger partial charge on any atom is 0.259 e. The molecule has 7 nitrogen and oxygen atoms in total. The first-order valence-electron chi connectivity index (χ1n) is 9.51. The first-order chi connectivity index (χ1) is 14.4. The molecule has 8 heteroatoms. The van der Waals surface area contributed by atoms with Crippen molar-refractivity contribution in [2.75, 3.05) is 0 Å². The van der Waals surface area contributed by atoms with Crippen LogP contribution in [0, 0.1) is 0 Å². The molecule has 31 heavy (non-hydrogen) atoms. The maximum absolute atomic E-state index is 13.0. The Morgan fingerprint density at radius 2 is 1.97 bits per heavy atom. The number of hydrogen-bond donors (Lipinski definition) is 2. The molecule has 1 amide bonds. The van der Waals surface area contributed by atoms with Crippen molar-refractivity contribution in [2.24, 2.45) is 5.14 Å². The zero-order valence-corrected chi connectivity index (χ0v) is 18.9. The van der Waals surface area contributed by atoms with E-state index in [0.29, 0.717) is 11.5 Å². The van der Waals surface area contributed by atoms with E-state index < -0.39 is 15.9 Å². The summed E-state index contributed by atoms with van der Waals surface area (Å²) in [6, 6.07) is 8.80. The predicted molar refractivity (Wildman–Crippen MR) is 122 cm³/mol. The number of pyridine rings is 1. The molecule has 1 aromatic heterocycles. The van der Waals surface area contributed by atoms with Gasteiger partial charge in [-0.05, 0) is 54.3 Å². The van der Waals surface area contributed by atoms with Crippen LogP contribution >= 0.6 is 0 Å². The molecule has 2 rings (SSSR count). The lowest BCUT2D eigenvalue weighted by atomic mass is 9.86. The van der Waals surface area contributed by atoms with E-state index in [2.05, 4.69) is 37.7 Å². The lowest BCUT2D eigenvalue weighted by Gasteiger charge is -2.21. The van der Waals surface area contributed by atoms with Gasteiger partial charge in [0.15, 0.2) is 0 Å². The Morgan fingerprint density at radius 1 is 1.26 bits per heavy atom. The standard InChI is InChI=1S/C23H27N3O4S/c1-6-8-18(13-16(2)31(24,28)29)26-22(27)20-11-10-17(23(3,4)5)14-21(20)30-19-9-7-12-25-15-19/h6-15H,2H2,1,3-5H3,(H,26,27)(H2,24,28,29)/b8-6-,18-13+. The van der Waals surface area contributed by atoms with Gasteiger partial charge >= 0.3 is 0 Å². The van der Waals surface area contributed by atoms with Gasteiger partial charge in [-0.1, -0.05) is 39.5 Å². The third-order valence-electron chi connectivity index (χ3n) is 4.24. The summed E-state index contributed by atoms with van der Waals surface area (Å²) in [7, 11) is -3.98. The van der Waals surface area contributed by atoms with Crippen molar-refractivity contribution >= 4 is 15.9 Å². The fourth-order valence-electron chi connectivity index (χ4n) is 2.55. The molecule has 0 saturated carbocycles. The number of ether oxygens (including phenoxy) is 1. The van der Waals surface area contributed by atoms with E-state index >= 15 is 0 Å². The molecule has 0 fully saturated rings. The highest BCUT2D eigenvalue weighted by molar-refractivity contribution is 7.93. The lowest BCUT2D eigenvalue weighted by Crippen LogP contribution is -2.24. The molecule has 164 valence electrons. The molecule has 3 N–H and O–H groups in total. The third kappa shape index (κ3) is 6.91. The molecule has 0 bridgehead atoms. The maximum atomic E-state index is 13.0. The molecular formula is C23H27N3O4S. The topological polar surface area (TPSA) is 111 Å². The number of allylic oxidation sites excluding steroid dienone is 3. The second-order valence-electron chi connectivity index (χ2n) is 7.82. The van der Waals surface area contributed by atoms with Gasteiger partial charge in [-0.25, -0.2) is 13.6 Å². The second-order valence-corrected chi connectivity index (χ2v) is 9.43. The molecule has 0 spiro atoms. The molecule has 0 radical (unpaired) electrons. The minimum atomic E-state index is -3.98. The first-order valence-corrected chi connectivity index (χ1v) is 11.1. The van der Waals surface area contributed by atoms with Gasteiger partial charge in [-0.2, -0.15) is 0 Å². The molecule has 0 aliphatic heterocycles. The van der Waals surface area contributed by atoms with Gasteiger partial charge in [0.25, 0.3) is 5.91 Å². The second kappa shape index (κ2) is 9.72. The summed E-state index contributed by atoms with van der Waals surface area (Å²) in [5, 5.41) is 7.78. The Balaban J connectivity index is 2.46. The van der Waals surface area contributed by atoms with Gasteiger partial charge in [0.05, 0.1) is 16.7 Å². The summed E-state index contributed by atoms with van der Waals surface area (Å²) in [4.78, 5) is 16.8. The van der Waals surface area contributed by atoms with Gasteiger partial charge < -0.3 is 10.1 Å². The number of carbonyl (C=O) groups excluding carboxylic acids is 1. The van der Waals surface area contributed by atoms with Crippen LogP contribution in [0.1, 0.15) is 43.6 Å². The van der Waals surface area contributed by atoms with E-state index in [1.54, 1.807) is 49.7 Å². The molecular weight excluding hydrogens is 414 g/mol. The van der Waals surface area contributed by atoms with E-state index in [0.717, 1.165) is 5.56 Å². The molecule has 0 unspecified atom stereocenters. The fourth-order valence-corrected chi connectivity index (χ4v) is 2.85. The van der Waals surface area contributed by atoms with Gasteiger partial charge in [0, 0.05) is 11.9 Å². The van der Waals surface area contributed by atoms with Crippen LogP contribution in [0.5, 0.6) is 11.5 Å². The summed E-state index contributed by atoms with van der Waals surface area (Å²) < 4.78 is 28.9. The highest BCUT2D eigenvalue weighted by Crippen LogP contribution is 2.31. The number of rotatable bonds is 7. The molecule has 1 heterocycles. The van der Waals surface area contributed by atoms with Gasteiger partial charge in [-0.15, -0.1) is 0 Å². The minimum Gasteiger partial charge on any atom is -0.455 e. The van der Waals surface area contributed by atoms with E-state index in [4.69, 9.17) is 9.88 Å². The van der Waals surface area contributed by atoms with Crippen molar-refractivity contribution in [1.82, 2.24) is 10.3 Å². The number of nitrogens with two attached hydrogens (primary N) is 1. The van der Waals surface area contributed by atoms with Crippen molar-refractivity contribution in [3.8, 4) is 11.5 Å². The zero-order chi connectivity index (χ0) is 23.2. The summed E-state index contributed by atoms with van der Waals surface area (Å²) >= 11 is 0. The van der Waals surface area contributed by atoms with Gasteiger partial charge in [0.1, 0.15) is 11.5 Å². The smallest absolute Gasteiger partial charge is 0.259 e. The number of nitrogens with zero attached hydrogens (tertiary/aromatic N) is 1.